The van der Waals surface area contributed by atoms with Crippen LogP contribution in [0, 0.1) is 0 Å². The first-order valence-electron chi connectivity index (χ1n) is 7.02. The first kappa shape index (κ1) is 15.3. The Morgan fingerprint density at radius 2 is 2.26 bits per heavy atom. The third-order valence-electron chi connectivity index (χ3n) is 3.17. The van der Waals surface area contributed by atoms with Crippen molar-refractivity contribution in [2.24, 2.45) is 0 Å². The lowest BCUT2D eigenvalue weighted by atomic mass is 10.2. The van der Waals surface area contributed by atoms with Crippen LogP contribution in [0.2, 0.25) is 0 Å². The molecule has 0 aliphatic carbocycles. The van der Waals surface area contributed by atoms with Gasteiger partial charge >= 0.3 is 0 Å². The second-order valence-electron chi connectivity index (χ2n) is 4.82. The largest absolute Gasteiger partial charge is 0.465 e. The van der Waals surface area contributed by atoms with E-state index in [1.807, 2.05) is 16.8 Å². The maximum Gasteiger partial charge on any atom is 0.244 e. The molecule has 0 fully saturated rings. The van der Waals surface area contributed by atoms with Gasteiger partial charge in [0.15, 0.2) is 0 Å². The number of amides is 1. The molecule has 3 aromatic heterocycles. The van der Waals surface area contributed by atoms with Crippen molar-refractivity contribution in [2.45, 2.75) is 6.10 Å². The molecule has 0 spiro atoms. The van der Waals surface area contributed by atoms with E-state index in [9.17, 15) is 9.90 Å². The number of carbonyl (C=O) groups excluding carboxylic acids is 1. The summed E-state index contributed by atoms with van der Waals surface area (Å²) in [6, 6.07) is 8.94. The molecule has 3 heterocycles. The lowest BCUT2D eigenvalue weighted by molar-refractivity contribution is -0.116. The Labute approximate surface area is 136 Å². The number of furan rings is 2. The van der Waals surface area contributed by atoms with Gasteiger partial charge in [-0.15, -0.1) is 0 Å². The molecule has 0 aliphatic heterocycles. The molecule has 0 radical (unpaired) electrons. The van der Waals surface area contributed by atoms with Crippen LogP contribution in [0.15, 0.2) is 62.3 Å². The summed E-state index contributed by atoms with van der Waals surface area (Å²) in [7, 11) is 0. The summed E-state index contributed by atoms with van der Waals surface area (Å²) in [6.45, 7) is 0.0674. The lowest BCUT2D eigenvalue weighted by Crippen LogP contribution is -2.26. The van der Waals surface area contributed by atoms with Crippen LogP contribution in [0.5, 0.6) is 0 Å². The fourth-order valence-electron chi connectivity index (χ4n) is 1.99. The van der Waals surface area contributed by atoms with Gasteiger partial charge in [0.2, 0.25) is 5.91 Å². The van der Waals surface area contributed by atoms with E-state index in [-0.39, 0.29) is 12.5 Å². The molecule has 2 N–H and O–H groups in total. The van der Waals surface area contributed by atoms with E-state index in [1.54, 1.807) is 41.7 Å². The number of aliphatic hydroxyl groups is 1. The van der Waals surface area contributed by atoms with Crippen molar-refractivity contribution in [1.29, 1.82) is 0 Å². The zero-order valence-electron chi connectivity index (χ0n) is 12.1. The van der Waals surface area contributed by atoms with Gasteiger partial charge in [-0.25, -0.2) is 0 Å². The summed E-state index contributed by atoms with van der Waals surface area (Å²) in [5.74, 6) is 1.39. The van der Waals surface area contributed by atoms with E-state index in [0.717, 1.165) is 5.56 Å². The highest BCUT2D eigenvalue weighted by molar-refractivity contribution is 7.08. The molecule has 0 aromatic carbocycles. The summed E-state index contributed by atoms with van der Waals surface area (Å²) < 4.78 is 10.7. The number of hydrogen-bond acceptors (Lipinski definition) is 5. The maximum atomic E-state index is 11.7. The van der Waals surface area contributed by atoms with Crippen molar-refractivity contribution >= 4 is 23.3 Å². The number of aliphatic hydroxyl groups excluding tert-OH is 1. The van der Waals surface area contributed by atoms with Crippen LogP contribution in [-0.4, -0.2) is 17.6 Å². The molecule has 6 heteroatoms. The van der Waals surface area contributed by atoms with E-state index in [2.05, 4.69) is 5.32 Å². The highest BCUT2D eigenvalue weighted by atomic mass is 32.1. The maximum absolute atomic E-state index is 11.7. The fraction of sp³-hybridized carbons (Fsp3) is 0.118. The Balaban J connectivity index is 1.53. The fourth-order valence-corrected chi connectivity index (χ4v) is 2.64. The van der Waals surface area contributed by atoms with Gasteiger partial charge in [-0.3, -0.25) is 4.79 Å². The molecule has 118 valence electrons. The molecule has 1 amide bonds. The molecule has 1 unspecified atom stereocenters. The Kier molecular flexibility index (Phi) is 4.75. The minimum absolute atomic E-state index is 0.0674. The van der Waals surface area contributed by atoms with Crippen LogP contribution in [0.4, 0.5) is 0 Å². The van der Waals surface area contributed by atoms with Gasteiger partial charge in [-0.2, -0.15) is 11.3 Å². The third-order valence-corrected chi connectivity index (χ3v) is 3.86. The van der Waals surface area contributed by atoms with Crippen LogP contribution < -0.4 is 5.32 Å². The normalized spacial score (nSPS) is 12.6. The van der Waals surface area contributed by atoms with Crippen molar-refractivity contribution in [2.75, 3.05) is 6.54 Å². The van der Waals surface area contributed by atoms with Crippen molar-refractivity contribution in [3.8, 4) is 11.3 Å². The summed E-state index contributed by atoms with van der Waals surface area (Å²) in [5.41, 5.74) is 0.971. The zero-order valence-corrected chi connectivity index (χ0v) is 13.0. The molecule has 23 heavy (non-hydrogen) atoms. The number of carbonyl (C=O) groups is 1. The predicted octanol–water partition coefficient (Wildman–Crippen LogP) is 3.46. The van der Waals surface area contributed by atoms with E-state index < -0.39 is 6.10 Å². The van der Waals surface area contributed by atoms with E-state index in [0.29, 0.717) is 17.3 Å². The second kappa shape index (κ2) is 7.13. The Hall–Kier alpha value is -2.57. The van der Waals surface area contributed by atoms with E-state index in [1.165, 1.54) is 12.3 Å². The zero-order chi connectivity index (χ0) is 16.1. The van der Waals surface area contributed by atoms with Gasteiger partial charge in [-0.1, -0.05) is 0 Å². The van der Waals surface area contributed by atoms with Gasteiger partial charge in [-0.05, 0) is 41.8 Å². The Morgan fingerprint density at radius 1 is 1.35 bits per heavy atom. The van der Waals surface area contributed by atoms with Crippen molar-refractivity contribution in [3.05, 3.63) is 65.0 Å². The van der Waals surface area contributed by atoms with Gasteiger partial charge in [0.05, 0.1) is 12.8 Å². The summed E-state index contributed by atoms with van der Waals surface area (Å²) in [4.78, 5) is 11.7. The first-order chi connectivity index (χ1) is 11.2. The van der Waals surface area contributed by atoms with Gasteiger partial charge in [0.1, 0.15) is 23.4 Å². The topological polar surface area (TPSA) is 75.6 Å². The smallest absolute Gasteiger partial charge is 0.244 e. The molecule has 0 bridgehead atoms. The minimum Gasteiger partial charge on any atom is -0.465 e. The number of hydrogen-bond donors (Lipinski definition) is 2. The summed E-state index contributed by atoms with van der Waals surface area (Å²) in [5, 5.41) is 16.6. The van der Waals surface area contributed by atoms with Gasteiger partial charge < -0.3 is 19.3 Å². The van der Waals surface area contributed by atoms with Crippen molar-refractivity contribution in [1.82, 2.24) is 5.32 Å². The highest BCUT2D eigenvalue weighted by Crippen LogP contribution is 2.26. The molecule has 1 atom stereocenters. The summed E-state index contributed by atoms with van der Waals surface area (Å²) >= 11 is 1.58. The summed E-state index contributed by atoms with van der Waals surface area (Å²) in [6.07, 6.45) is 3.54. The van der Waals surface area contributed by atoms with Crippen LogP contribution >= 0.6 is 11.3 Å². The molecular weight excluding hydrogens is 314 g/mol. The minimum atomic E-state index is -0.900. The van der Waals surface area contributed by atoms with Crippen molar-refractivity contribution in [3.63, 3.8) is 0 Å². The number of rotatable bonds is 6. The molecule has 0 saturated carbocycles. The molecule has 0 aliphatic rings. The van der Waals surface area contributed by atoms with Crippen LogP contribution in [0.1, 0.15) is 17.6 Å². The number of thiophene rings is 1. The average molecular weight is 329 g/mol. The predicted molar refractivity (Wildman–Crippen MR) is 87.7 cm³/mol. The van der Waals surface area contributed by atoms with Gasteiger partial charge in [0.25, 0.3) is 0 Å². The van der Waals surface area contributed by atoms with Crippen LogP contribution in [-0.2, 0) is 4.79 Å². The Bertz CT molecular complexity index is 772. The molecule has 3 aromatic rings. The quantitative estimate of drug-likeness (QED) is 0.679. The SMILES string of the molecule is O=C(/C=C/c1ccco1)NCC(O)c1ccc(-c2ccsc2)o1. The molecule has 5 nitrogen and oxygen atoms in total. The third kappa shape index (κ3) is 4.00. The highest BCUT2D eigenvalue weighted by Gasteiger charge is 2.14. The monoisotopic (exact) mass is 329 g/mol. The number of nitrogens with one attached hydrogen (secondary N) is 1. The average Bonchev–Trinajstić information content (AvgIpc) is 3.31. The van der Waals surface area contributed by atoms with Crippen molar-refractivity contribution < 1.29 is 18.7 Å². The van der Waals surface area contributed by atoms with Crippen LogP contribution in [0.25, 0.3) is 17.4 Å². The van der Waals surface area contributed by atoms with E-state index >= 15 is 0 Å². The first-order valence-corrected chi connectivity index (χ1v) is 7.96. The Morgan fingerprint density at radius 3 is 3.00 bits per heavy atom. The molecule has 3 rings (SSSR count). The van der Waals surface area contributed by atoms with Crippen LogP contribution in [0.3, 0.4) is 0 Å². The van der Waals surface area contributed by atoms with Gasteiger partial charge in [0, 0.05) is 17.0 Å². The standard InChI is InChI=1S/C17H15NO4S/c19-14(10-18-17(20)6-3-13-2-1-8-21-13)16-5-4-15(22-16)12-7-9-23-11-12/h1-9,11,14,19H,10H2,(H,18,20)/b6-3+. The second-order valence-corrected chi connectivity index (χ2v) is 5.60. The van der Waals surface area contributed by atoms with E-state index in [4.69, 9.17) is 8.83 Å². The lowest BCUT2D eigenvalue weighted by Gasteiger charge is -2.08. The molecular formula is C17H15NO4S. The molecule has 0 saturated heterocycles.